The molecular weight excluding hydrogens is 464 g/mol. The summed E-state index contributed by atoms with van der Waals surface area (Å²) in [6.07, 6.45) is 0. The number of aryl methyl sites for hydroxylation is 2. The van der Waals surface area contributed by atoms with E-state index in [9.17, 15) is 9.59 Å². The Hall–Kier alpha value is -2.30. The predicted molar refractivity (Wildman–Crippen MR) is 131 cm³/mol. The molecule has 1 amide bonds. The van der Waals surface area contributed by atoms with E-state index >= 15 is 0 Å². The molecule has 0 bridgehead atoms. The first-order chi connectivity index (χ1) is 15.2. The summed E-state index contributed by atoms with van der Waals surface area (Å²) < 4.78 is 6.79. The van der Waals surface area contributed by atoms with Crippen molar-refractivity contribution in [3.63, 3.8) is 0 Å². The molecule has 2 heterocycles. The fourth-order valence-electron chi connectivity index (χ4n) is 2.84. The van der Waals surface area contributed by atoms with E-state index in [2.05, 4.69) is 46.7 Å². The van der Waals surface area contributed by atoms with Crippen molar-refractivity contribution in [2.75, 3.05) is 12.4 Å². The van der Waals surface area contributed by atoms with Crippen LogP contribution in [0.5, 0.6) is 0 Å². The highest BCUT2D eigenvalue weighted by Gasteiger charge is 2.25. The highest BCUT2D eigenvalue weighted by molar-refractivity contribution is 8.00. The summed E-state index contributed by atoms with van der Waals surface area (Å²) in [7, 11) is 3.24. The Balaban J connectivity index is 1.64. The Kier molecular flexibility index (Phi) is 8.02. The standard InChI is InChI=1S/C22H26N4O3S3/c1-12-7-9-16(10-8-12)30-11-17-24-25-22(26(17)5)32-15(4)19(27)23-20-18(21(28)29-6)13(2)14(3)31-20/h7-10,15H,11H2,1-6H3,(H,23,27). The number of esters is 1. The third-order valence-corrected chi connectivity index (χ3v) is 8.24. The average Bonchev–Trinajstić information content (AvgIpc) is 3.25. The molecule has 0 aliphatic carbocycles. The molecule has 0 saturated carbocycles. The maximum absolute atomic E-state index is 12.8. The maximum Gasteiger partial charge on any atom is 0.341 e. The lowest BCUT2D eigenvalue weighted by molar-refractivity contribution is -0.115. The lowest BCUT2D eigenvalue weighted by atomic mass is 10.1. The number of nitrogens with one attached hydrogen (secondary N) is 1. The highest BCUT2D eigenvalue weighted by Crippen LogP contribution is 2.34. The number of methoxy groups -OCH3 is 1. The zero-order valence-corrected chi connectivity index (χ0v) is 21.3. The van der Waals surface area contributed by atoms with Crippen LogP contribution >= 0.6 is 34.9 Å². The molecule has 0 spiro atoms. The van der Waals surface area contributed by atoms with Crippen molar-refractivity contribution in [2.24, 2.45) is 7.05 Å². The van der Waals surface area contributed by atoms with E-state index in [1.54, 1.807) is 18.7 Å². The first kappa shape index (κ1) is 24.3. The van der Waals surface area contributed by atoms with Crippen LogP contribution in [-0.2, 0) is 22.3 Å². The number of rotatable bonds is 8. The minimum absolute atomic E-state index is 0.208. The second-order valence-corrected chi connectivity index (χ2v) is 10.9. The fourth-order valence-corrected chi connectivity index (χ4v) is 5.60. The Labute approximate surface area is 200 Å². The Bertz CT molecular complexity index is 1120. The first-order valence-corrected chi connectivity index (χ1v) is 12.6. The maximum atomic E-state index is 12.8. The molecule has 0 fully saturated rings. The van der Waals surface area contributed by atoms with Gasteiger partial charge in [-0.15, -0.1) is 33.3 Å². The number of anilines is 1. The molecule has 1 atom stereocenters. The minimum atomic E-state index is -0.452. The number of amides is 1. The van der Waals surface area contributed by atoms with Crippen LogP contribution in [0.3, 0.4) is 0 Å². The third kappa shape index (κ3) is 5.54. The van der Waals surface area contributed by atoms with Gasteiger partial charge in [0.1, 0.15) is 10.8 Å². The van der Waals surface area contributed by atoms with Crippen molar-refractivity contribution in [1.29, 1.82) is 0 Å². The molecule has 170 valence electrons. The monoisotopic (exact) mass is 490 g/mol. The van der Waals surface area contributed by atoms with Crippen molar-refractivity contribution in [3.8, 4) is 0 Å². The quantitative estimate of drug-likeness (QED) is 0.351. The lowest BCUT2D eigenvalue weighted by Gasteiger charge is -2.12. The van der Waals surface area contributed by atoms with Crippen LogP contribution in [-0.4, -0.2) is 39.0 Å². The molecule has 7 nitrogen and oxygen atoms in total. The molecule has 0 saturated heterocycles. The average molecular weight is 491 g/mol. The van der Waals surface area contributed by atoms with Crippen molar-refractivity contribution < 1.29 is 14.3 Å². The number of thiophene rings is 1. The van der Waals surface area contributed by atoms with Gasteiger partial charge < -0.3 is 14.6 Å². The van der Waals surface area contributed by atoms with E-state index in [1.807, 2.05) is 25.5 Å². The number of aromatic nitrogens is 3. The number of hydrogen-bond acceptors (Lipinski definition) is 8. The summed E-state index contributed by atoms with van der Waals surface area (Å²) >= 11 is 4.39. The zero-order chi connectivity index (χ0) is 23.4. The molecule has 3 aromatic rings. The summed E-state index contributed by atoms with van der Waals surface area (Å²) in [5.74, 6) is 0.860. The zero-order valence-electron chi connectivity index (χ0n) is 18.9. The van der Waals surface area contributed by atoms with Gasteiger partial charge in [0.05, 0.1) is 23.7 Å². The fraction of sp³-hybridized carbons (Fsp3) is 0.364. The van der Waals surface area contributed by atoms with E-state index < -0.39 is 11.2 Å². The minimum Gasteiger partial charge on any atom is -0.465 e. The van der Waals surface area contributed by atoms with Gasteiger partial charge in [-0.05, 0) is 45.4 Å². The summed E-state index contributed by atoms with van der Waals surface area (Å²) in [4.78, 5) is 27.1. The van der Waals surface area contributed by atoms with E-state index in [4.69, 9.17) is 4.74 Å². The Morgan fingerprint density at radius 2 is 1.88 bits per heavy atom. The number of ether oxygens (including phenoxy) is 1. The van der Waals surface area contributed by atoms with Crippen LogP contribution in [0.4, 0.5) is 5.00 Å². The highest BCUT2D eigenvalue weighted by atomic mass is 32.2. The van der Waals surface area contributed by atoms with Gasteiger partial charge >= 0.3 is 5.97 Å². The number of hydrogen-bond donors (Lipinski definition) is 1. The van der Waals surface area contributed by atoms with Gasteiger partial charge in [0.15, 0.2) is 5.16 Å². The topological polar surface area (TPSA) is 86.1 Å². The van der Waals surface area contributed by atoms with Crippen molar-refractivity contribution in [3.05, 3.63) is 51.7 Å². The smallest absolute Gasteiger partial charge is 0.341 e. The molecule has 1 aromatic carbocycles. The molecule has 0 radical (unpaired) electrons. The van der Waals surface area contributed by atoms with Gasteiger partial charge in [0.25, 0.3) is 0 Å². The molecule has 1 unspecified atom stereocenters. The second kappa shape index (κ2) is 10.5. The first-order valence-electron chi connectivity index (χ1n) is 9.94. The molecular formula is C22H26N4O3S3. The number of carbonyl (C=O) groups excluding carboxylic acids is 2. The lowest BCUT2D eigenvalue weighted by Crippen LogP contribution is -2.23. The van der Waals surface area contributed by atoms with Crippen LogP contribution < -0.4 is 5.32 Å². The number of thioether (sulfide) groups is 2. The number of carbonyl (C=O) groups is 2. The normalized spacial score (nSPS) is 11.9. The summed E-state index contributed by atoms with van der Waals surface area (Å²) in [5.41, 5.74) is 2.46. The van der Waals surface area contributed by atoms with Gasteiger partial charge in [-0.3, -0.25) is 4.79 Å². The second-order valence-electron chi connectivity index (χ2n) is 7.29. The Morgan fingerprint density at radius 3 is 2.53 bits per heavy atom. The summed E-state index contributed by atoms with van der Waals surface area (Å²) in [6.45, 7) is 7.63. The van der Waals surface area contributed by atoms with Crippen molar-refractivity contribution in [2.45, 2.75) is 48.7 Å². The predicted octanol–water partition coefficient (Wildman–Crippen LogP) is 5.00. The number of benzene rings is 1. The largest absolute Gasteiger partial charge is 0.465 e. The van der Waals surface area contributed by atoms with Gasteiger partial charge in [-0.2, -0.15) is 0 Å². The Morgan fingerprint density at radius 1 is 1.19 bits per heavy atom. The number of nitrogens with zero attached hydrogens (tertiary/aromatic N) is 3. The molecule has 10 heteroatoms. The van der Waals surface area contributed by atoms with Gasteiger partial charge in [-0.1, -0.05) is 29.5 Å². The van der Waals surface area contributed by atoms with Crippen molar-refractivity contribution in [1.82, 2.24) is 14.8 Å². The van der Waals surface area contributed by atoms with Gasteiger partial charge in [-0.25, -0.2) is 4.79 Å². The molecule has 32 heavy (non-hydrogen) atoms. The van der Waals surface area contributed by atoms with E-state index in [0.29, 0.717) is 21.5 Å². The summed E-state index contributed by atoms with van der Waals surface area (Å²) in [5, 5.41) is 12.2. The van der Waals surface area contributed by atoms with E-state index in [0.717, 1.165) is 16.3 Å². The third-order valence-electron chi connectivity index (χ3n) is 4.98. The van der Waals surface area contributed by atoms with Gasteiger partial charge in [0, 0.05) is 16.8 Å². The summed E-state index contributed by atoms with van der Waals surface area (Å²) in [6, 6.07) is 8.36. The molecule has 1 N–H and O–H groups in total. The van der Waals surface area contributed by atoms with Crippen LogP contribution in [0, 0.1) is 20.8 Å². The van der Waals surface area contributed by atoms with Crippen LogP contribution in [0.1, 0.15) is 39.1 Å². The van der Waals surface area contributed by atoms with Crippen LogP contribution in [0.15, 0.2) is 34.3 Å². The molecule has 0 aliphatic heterocycles. The van der Waals surface area contributed by atoms with E-state index in [1.165, 1.54) is 40.7 Å². The SMILES string of the molecule is COC(=O)c1c(NC(=O)C(C)Sc2nnc(CSc3ccc(C)cc3)n2C)sc(C)c1C. The van der Waals surface area contributed by atoms with Crippen LogP contribution in [0.2, 0.25) is 0 Å². The molecule has 2 aromatic heterocycles. The van der Waals surface area contributed by atoms with Crippen molar-refractivity contribution >= 4 is 51.7 Å². The van der Waals surface area contributed by atoms with Gasteiger partial charge in [0.2, 0.25) is 5.91 Å². The molecule has 3 rings (SSSR count). The van der Waals surface area contributed by atoms with Crippen LogP contribution in [0.25, 0.3) is 0 Å². The molecule has 0 aliphatic rings. The van der Waals surface area contributed by atoms with E-state index in [-0.39, 0.29) is 5.91 Å².